The van der Waals surface area contributed by atoms with E-state index < -0.39 is 0 Å². The van der Waals surface area contributed by atoms with Gasteiger partial charge in [-0.1, -0.05) is 437 Å². The summed E-state index contributed by atoms with van der Waals surface area (Å²) in [7, 11) is 0. The van der Waals surface area contributed by atoms with Crippen LogP contribution >= 0.6 is 0 Å². The Hall–Kier alpha value is -16.6. The minimum absolute atomic E-state index is 1.30. The van der Waals surface area contributed by atoms with Crippen LogP contribution in [-0.4, -0.2) is 0 Å². The molecular formula is C128H80. The lowest BCUT2D eigenvalue weighted by Crippen LogP contribution is -1.85. The number of benzene rings is 30. The molecule has 128 heavy (non-hydrogen) atoms. The summed E-state index contributed by atoms with van der Waals surface area (Å²) < 4.78 is 0. The first-order chi connectivity index (χ1) is 63.5. The lowest BCUT2D eigenvalue weighted by Gasteiger charge is -2.13. The van der Waals surface area contributed by atoms with Crippen LogP contribution in [-0.2, 0) is 0 Å². The predicted molar refractivity (Wildman–Crippen MR) is 561 cm³/mol. The molecule has 0 nitrogen and oxygen atoms in total. The lowest BCUT2D eigenvalue weighted by molar-refractivity contribution is 1.78. The largest absolute Gasteiger partial charge is 0.0616 e. The molecule has 0 unspecified atom stereocenters. The van der Waals surface area contributed by atoms with Crippen molar-refractivity contribution >= 4 is 259 Å². The topological polar surface area (TPSA) is 0 Å². The summed E-state index contributed by atoms with van der Waals surface area (Å²) in [4.78, 5) is 0. The van der Waals surface area contributed by atoms with Crippen molar-refractivity contribution in [1.82, 2.24) is 0 Å². The summed E-state index contributed by atoms with van der Waals surface area (Å²) in [6, 6.07) is 176. The third-order valence-electron chi connectivity index (χ3n) is 27.2. The van der Waals surface area contributed by atoms with Crippen molar-refractivity contribution in [1.29, 1.82) is 0 Å². The van der Waals surface area contributed by atoms with Gasteiger partial charge in [0, 0.05) is 0 Å². The minimum Gasteiger partial charge on any atom is -0.0616 e. The van der Waals surface area contributed by atoms with E-state index in [0.717, 1.165) is 0 Å². The molecule has 0 saturated heterocycles. The molecule has 0 aromatic heterocycles. The van der Waals surface area contributed by atoms with Gasteiger partial charge in [0.15, 0.2) is 0 Å². The Balaban J connectivity index is 0.0000000833. The quantitative estimate of drug-likeness (QED) is 0.105. The number of hydrogen-bond acceptors (Lipinski definition) is 0. The van der Waals surface area contributed by atoms with E-state index >= 15 is 0 Å². The molecule has 0 N–H and O–H groups in total. The Kier molecular flexibility index (Phi) is 17.8. The molecule has 30 rings (SSSR count). The van der Waals surface area contributed by atoms with Crippen LogP contribution in [0.25, 0.3) is 259 Å². The molecule has 0 saturated carbocycles. The molecule has 30 aromatic carbocycles. The molecule has 30 aromatic rings. The Labute approximate surface area is 738 Å². The van der Waals surface area contributed by atoms with E-state index in [-0.39, 0.29) is 0 Å². The molecule has 0 heteroatoms. The highest BCUT2D eigenvalue weighted by atomic mass is 14.2. The van der Waals surface area contributed by atoms with E-state index in [9.17, 15) is 0 Å². The van der Waals surface area contributed by atoms with E-state index in [4.69, 9.17) is 0 Å². The van der Waals surface area contributed by atoms with E-state index in [2.05, 4.69) is 485 Å². The van der Waals surface area contributed by atoms with Gasteiger partial charge >= 0.3 is 0 Å². The van der Waals surface area contributed by atoms with Crippen LogP contribution in [0.1, 0.15) is 0 Å². The summed E-state index contributed by atoms with van der Waals surface area (Å²) in [5.41, 5.74) is 0. The fraction of sp³-hybridized carbons (Fsp3) is 0. The molecule has 0 radical (unpaired) electrons. The van der Waals surface area contributed by atoms with Gasteiger partial charge in [-0.3, -0.25) is 0 Å². The van der Waals surface area contributed by atoms with E-state index in [1.807, 2.05) is 0 Å². The summed E-state index contributed by atoms with van der Waals surface area (Å²) >= 11 is 0. The van der Waals surface area contributed by atoms with Crippen LogP contribution in [0.5, 0.6) is 0 Å². The van der Waals surface area contributed by atoms with Crippen LogP contribution in [0.3, 0.4) is 0 Å². The van der Waals surface area contributed by atoms with E-state index in [1.165, 1.54) is 259 Å². The highest BCUT2D eigenvalue weighted by molar-refractivity contribution is 6.35. The monoisotopic (exact) mass is 1620 g/mol. The lowest BCUT2D eigenvalue weighted by atomic mass is 9.90. The zero-order valence-corrected chi connectivity index (χ0v) is 70.2. The third kappa shape index (κ3) is 12.6. The zero-order valence-electron chi connectivity index (χ0n) is 70.2. The van der Waals surface area contributed by atoms with Gasteiger partial charge in [0.2, 0.25) is 0 Å². The molecule has 0 fully saturated rings. The second kappa shape index (κ2) is 30.7. The summed E-state index contributed by atoms with van der Waals surface area (Å²) in [5.74, 6) is 0. The Morgan fingerprint density at radius 2 is 0.164 bits per heavy atom. The van der Waals surface area contributed by atoms with Crippen LogP contribution < -0.4 is 0 Å². The van der Waals surface area contributed by atoms with Gasteiger partial charge in [0.05, 0.1) is 0 Å². The van der Waals surface area contributed by atoms with Crippen LogP contribution in [0.15, 0.2) is 485 Å². The molecule has 0 atom stereocenters. The third-order valence-corrected chi connectivity index (χ3v) is 27.2. The van der Waals surface area contributed by atoms with Crippen molar-refractivity contribution in [3.05, 3.63) is 485 Å². The first kappa shape index (κ1) is 74.0. The van der Waals surface area contributed by atoms with Crippen LogP contribution in [0.4, 0.5) is 0 Å². The van der Waals surface area contributed by atoms with Crippen molar-refractivity contribution in [3.63, 3.8) is 0 Å². The SMILES string of the molecule is c1cc2cccc3c4cccc5cccc(c(c1)c23)c54.c1cc2cccc3c4cccc5cccc(c(c1)c23)c54.c1ccc2c(c1)ccc1cc3c(ccc4ccccc43)cc12.c1ccc2c(c1)ccc1cc3c(ccc4ccccc43)cc12.c1ccc2c(c1)ccc1cc3c(ccc4ccccc43)cc12.c1ccc2c(c1)ccc1cc3c(ccc4ccccc43)cc12. The maximum Gasteiger partial charge on any atom is -0.00264 e. The van der Waals surface area contributed by atoms with Crippen molar-refractivity contribution in [3.8, 4) is 0 Å². The molecule has 0 heterocycles. The minimum atomic E-state index is 1.30. The van der Waals surface area contributed by atoms with Gasteiger partial charge in [0.25, 0.3) is 0 Å². The van der Waals surface area contributed by atoms with Gasteiger partial charge in [-0.25, -0.2) is 0 Å². The van der Waals surface area contributed by atoms with Gasteiger partial charge in [-0.2, -0.15) is 0 Å². The van der Waals surface area contributed by atoms with Crippen LogP contribution in [0.2, 0.25) is 0 Å². The van der Waals surface area contributed by atoms with Crippen LogP contribution in [0, 0.1) is 0 Å². The molecule has 0 bridgehead atoms. The molecule has 592 valence electrons. The summed E-state index contributed by atoms with van der Waals surface area (Å²) in [5, 5.41) is 63.9. The Morgan fingerprint density at radius 3 is 0.297 bits per heavy atom. The fourth-order valence-electron chi connectivity index (χ4n) is 21.2. The maximum atomic E-state index is 2.33. The molecule has 0 aliphatic carbocycles. The van der Waals surface area contributed by atoms with E-state index in [0.29, 0.717) is 0 Å². The van der Waals surface area contributed by atoms with Gasteiger partial charge in [-0.15, -0.1) is 0 Å². The molecule has 0 spiro atoms. The highest BCUT2D eigenvalue weighted by Gasteiger charge is 2.17. The predicted octanol–water partition coefficient (Wildman–Crippen LogP) is 36.7. The molecule has 0 aliphatic heterocycles. The van der Waals surface area contributed by atoms with Gasteiger partial charge < -0.3 is 0 Å². The van der Waals surface area contributed by atoms with Crippen molar-refractivity contribution in [2.24, 2.45) is 0 Å². The average molecular weight is 1620 g/mol. The fourth-order valence-corrected chi connectivity index (χ4v) is 21.2. The number of fused-ring (bicyclic) bond motifs is 28. The summed E-state index contributed by atoms with van der Waals surface area (Å²) in [6.07, 6.45) is 0. The number of hydrogen-bond donors (Lipinski definition) is 0. The van der Waals surface area contributed by atoms with Crippen molar-refractivity contribution < 1.29 is 0 Å². The standard InChI is InChI=1S/4C22H14.2C20H12/c4*1-3-7-19-15(5-1)9-11-17-14-22-18(13-21(17)19)12-10-16-6-2-4-8-20(16)22;2*1-5-13-6-2-11-17-18-12-4-8-14-7-3-10-16(20(14)18)15(9-1)19(13)17/h4*1-14H;2*1-12H. The number of rotatable bonds is 0. The van der Waals surface area contributed by atoms with E-state index in [1.54, 1.807) is 0 Å². The summed E-state index contributed by atoms with van der Waals surface area (Å²) in [6.45, 7) is 0. The molecule has 0 aliphatic rings. The average Bonchev–Trinajstić information content (AvgIpc) is 0.737. The van der Waals surface area contributed by atoms with Gasteiger partial charge in [-0.05, 0) is 307 Å². The van der Waals surface area contributed by atoms with Crippen molar-refractivity contribution in [2.75, 3.05) is 0 Å². The first-order valence-corrected chi connectivity index (χ1v) is 44.5. The van der Waals surface area contributed by atoms with Crippen molar-refractivity contribution in [2.45, 2.75) is 0 Å². The second-order valence-electron chi connectivity index (χ2n) is 34.3. The highest BCUT2D eigenvalue weighted by Crippen LogP contribution is 2.45. The maximum absolute atomic E-state index is 2.33. The second-order valence-corrected chi connectivity index (χ2v) is 34.3. The zero-order chi connectivity index (χ0) is 84.3. The Morgan fingerprint density at radius 1 is 0.0625 bits per heavy atom. The molecular weight excluding hydrogens is 1540 g/mol. The first-order valence-electron chi connectivity index (χ1n) is 44.5. The Bertz CT molecular complexity index is 8070. The normalized spacial score (nSPS) is 11.8. The van der Waals surface area contributed by atoms with Gasteiger partial charge in [0.1, 0.15) is 0 Å². The smallest absolute Gasteiger partial charge is 0.00264 e. The molecule has 0 amide bonds.